The summed E-state index contributed by atoms with van der Waals surface area (Å²) in [6.45, 7) is 3.51. The molecule has 18 heavy (non-hydrogen) atoms. The van der Waals surface area contributed by atoms with Crippen molar-refractivity contribution in [1.82, 2.24) is 5.32 Å². The lowest BCUT2D eigenvalue weighted by atomic mass is 9.92. The highest BCUT2D eigenvalue weighted by atomic mass is 16.4. The predicted molar refractivity (Wildman–Crippen MR) is 66.8 cm³/mol. The molecule has 0 spiro atoms. The van der Waals surface area contributed by atoms with Crippen molar-refractivity contribution in [2.45, 2.75) is 25.8 Å². The zero-order valence-corrected chi connectivity index (χ0v) is 10.5. The molecule has 1 fully saturated rings. The third-order valence-electron chi connectivity index (χ3n) is 3.60. The van der Waals surface area contributed by atoms with Crippen molar-refractivity contribution < 1.29 is 14.7 Å². The number of carbonyl (C=O) groups is 2. The molecule has 4 nitrogen and oxygen atoms in total. The summed E-state index contributed by atoms with van der Waals surface area (Å²) in [5.41, 5.74) is -0.778. The number of aliphatic carboxylic acids is 1. The van der Waals surface area contributed by atoms with Crippen molar-refractivity contribution in [2.24, 2.45) is 11.8 Å². The monoisotopic (exact) mass is 247 g/mol. The average Bonchev–Trinajstić information content (AvgIpc) is 3.07. The van der Waals surface area contributed by atoms with Crippen LogP contribution < -0.4 is 5.32 Å². The van der Waals surface area contributed by atoms with Gasteiger partial charge in [-0.15, -0.1) is 0 Å². The van der Waals surface area contributed by atoms with E-state index in [2.05, 4.69) is 5.32 Å². The summed E-state index contributed by atoms with van der Waals surface area (Å²) in [6, 6.07) is 8.77. The van der Waals surface area contributed by atoms with Crippen LogP contribution in [0.4, 0.5) is 0 Å². The minimum absolute atomic E-state index is 0.0348. The second-order valence-corrected chi connectivity index (χ2v) is 5.10. The highest BCUT2D eigenvalue weighted by molar-refractivity contribution is 5.90. The first kappa shape index (κ1) is 12.6. The Morgan fingerprint density at radius 2 is 1.89 bits per heavy atom. The van der Waals surface area contributed by atoms with Crippen LogP contribution in [0.25, 0.3) is 0 Å². The number of carbonyl (C=O) groups excluding carboxylic acids is 1. The Morgan fingerprint density at radius 1 is 1.33 bits per heavy atom. The van der Waals surface area contributed by atoms with Gasteiger partial charge in [0, 0.05) is 5.92 Å². The molecule has 0 bridgehead atoms. The molecule has 2 rings (SSSR count). The average molecular weight is 247 g/mol. The second-order valence-electron chi connectivity index (χ2n) is 5.10. The van der Waals surface area contributed by atoms with Crippen LogP contribution >= 0.6 is 0 Å². The van der Waals surface area contributed by atoms with E-state index in [4.69, 9.17) is 0 Å². The molecule has 1 amide bonds. The first-order chi connectivity index (χ1) is 8.45. The highest BCUT2D eigenvalue weighted by Crippen LogP contribution is 2.38. The zero-order chi connectivity index (χ0) is 13.3. The summed E-state index contributed by atoms with van der Waals surface area (Å²) >= 11 is 0. The lowest BCUT2D eigenvalue weighted by Gasteiger charge is -2.26. The molecule has 4 heteroatoms. The van der Waals surface area contributed by atoms with Crippen molar-refractivity contribution in [3.63, 3.8) is 0 Å². The Labute approximate surface area is 106 Å². The largest absolute Gasteiger partial charge is 0.479 e. The molecule has 3 atom stereocenters. The summed E-state index contributed by atoms with van der Waals surface area (Å²) in [7, 11) is 0. The number of benzene rings is 1. The molecular formula is C14H17NO3. The van der Waals surface area contributed by atoms with E-state index in [0.29, 0.717) is 11.5 Å². The van der Waals surface area contributed by atoms with Gasteiger partial charge in [0.15, 0.2) is 5.54 Å². The van der Waals surface area contributed by atoms with E-state index in [0.717, 1.165) is 6.42 Å². The van der Waals surface area contributed by atoms with Gasteiger partial charge in [-0.3, -0.25) is 4.79 Å². The maximum Gasteiger partial charge on any atom is 0.333 e. The third kappa shape index (κ3) is 2.23. The van der Waals surface area contributed by atoms with Gasteiger partial charge in [-0.1, -0.05) is 37.3 Å². The molecule has 1 aliphatic carbocycles. The Balaban J connectivity index is 2.22. The van der Waals surface area contributed by atoms with Gasteiger partial charge in [0.1, 0.15) is 0 Å². The number of hydrogen-bond acceptors (Lipinski definition) is 2. The Kier molecular flexibility index (Phi) is 3.11. The van der Waals surface area contributed by atoms with Crippen LogP contribution in [0.5, 0.6) is 0 Å². The summed E-state index contributed by atoms with van der Waals surface area (Å²) in [6.07, 6.45) is 0.844. The molecule has 0 heterocycles. The van der Waals surface area contributed by atoms with Gasteiger partial charge in [0.05, 0.1) is 0 Å². The van der Waals surface area contributed by atoms with E-state index in [1.54, 1.807) is 24.3 Å². The summed E-state index contributed by atoms with van der Waals surface area (Å²) in [4.78, 5) is 23.4. The molecule has 1 aliphatic rings. The standard InChI is InChI=1S/C14H17NO3/c1-9-8-11(9)12(16)15-14(2,13(17)18)10-6-4-3-5-7-10/h3-7,9,11H,8H2,1-2H3,(H,15,16)(H,17,18). The number of carboxylic acids is 1. The van der Waals surface area contributed by atoms with E-state index < -0.39 is 11.5 Å². The number of amides is 1. The van der Waals surface area contributed by atoms with E-state index >= 15 is 0 Å². The lowest BCUT2D eigenvalue weighted by molar-refractivity contribution is -0.147. The quantitative estimate of drug-likeness (QED) is 0.852. The molecule has 0 aromatic heterocycles. The SMILES string of the molecule is CC1CC1C(=O)NC(C)(C(=O)O)c1ccccc1. The van der Waals surface area contributed by atoms with E-state index in [1.807, 2.05) is 13.0 Å². The van der Waals surface area contributed by atoms with E-state index in [9.17, 15) is 14.7 Å². The van der Waals surface area contributed by atoms with E-state index in [1.165, 1.54) is 6.92 Å². The maximum absolute atomic E-state index is 11.9. The fraction of sp³-hybridized carbons (Fsp3) is 0.429. The first-order valence-electron chi connectivity index (χ1n) is 6.06. The lowest BCUT2D eigenvalue weighted by Crippen LogP contribution is -2.50. The minimum Gasteiger partial charge on any atom is -0.479 e. The number of nitrogens with one attached hydrogen (secondary N) is 1. The van der Waals surface area contributed by atoms with Gasteiger partial charge in [0.2, 0.25) is 5.91 Å². The normalized spacial score (nSPS) is 25.0. The topological polar surface area (TPSA) is 66.4 Å². The smallest absolute Gasteiger partial charge is 0.333 e. The van der Waals surface area contributed by atoms with Crippen LogP contribution in [0.2, 0.25) is 0 Å². The van der Waals surface area contributed by atoms with Crippen LogP contribution in [-0.4, -0.2) is 17.0 Å². The predicted octanol–water partition coefficient (Wildman–Crippen LogP) is 1.76. The number of carboxylic acid groups (broad SMARTS) is 1. The summed E-state index contributed by atoms with van der Waals surface area (Å²) < 4.78 is 0. The summed E-state index contributed by atoms with van der Waals surface area (Å²) in [5, 5.41) is 12.1. The van der Waals surface area contributed by atoms with Gasteiger partial charge in [-0.2, -0.15) is 0 Å². The first-order valence-corrected chi connectivity index (χ1v) is 6.06. The number of hydrogen-bond donors (Lipinski definition) is 2. The van der Waals surface area contributed by atoms with Crippen LogP contribution in [0.1, 0.15) is 25.8 Å². The fourth-order valence-electron chi connectivity index (χ4n) is 2.05. The van der Waals surface area contributed by atoms with Crippen molar-refractivity contribution >= 4 is 11.9 Å². The second kappa shape index (κ2) is 4.44. The molecule has 0 radical (unpaired) electrons. The minimum atomic E-state index is -1.36. The molecule has 0 saturated heterocycles. The molecule has 96 valence electrons. The van der Waals surface area contributed by atoms with Gasteiger partial charge in [-0.05, 0) is 24.8 Å². The van der Waals surface area contributed by atoms with Gasteiger partial charge < -0.3 is 10.4 Å². The Morgan fingerprint density at radius 3 is 2.33 bits per heavy atom. The van der Waals surface area contributed by atoms with Crippen LogP contribution in [0, 0.1) is 11.8 Å². The van der Waals surface area contributed by atoms with Crippen LogP contribution in [0.3, 0.4) is 0 Å². The summed E-state index contributed by atoms with van der Waals surface area (Å²) in [5.74, 6) is -0.891. The van der Waals surface area contributed by atoms with Crippen molar-refractivity contribution in [3.05, 3.63) is 35.9 Å². The van der Waals surface area contributed by atoms with Crippen molar-refractivity contribution in [2.75, 3.05) is 0 Å². The zero-order valence-electron chi connectivity index (χ0n) is 10.5. The molecule has 1 saturated carbocycles. The van der Waals surface area contributed by atoms with Gasteiger partial charge in [-0.25, -0.2) is 4.79 Å². The van der Waals surface area contributed by atoms with Gasteiger partial charge >= 0.3 is 5.97 Å². The molecular weight excluding hydrogens is 230 g/mol. The molecule has 3 unspecified atom stereocenters. The van der Waals surface area contributed by atoms with Crippen molar-refractivity contribution in [3.8, 4) is 0 Å². The Bertz CT molecular complexity index is 471. The van der Waals surface area contributed by atoms with Gasteiger partial charge in [0.25, 0.3) is 0 Å². The fourth-order valence-corrected chi connectivity index (χ4v) is 2.05. The Hall–Kier alpha value is -1.84. The molecule has 1 aromatic rings. The molecule has 0 aliphatic heterocycles. The third-order valence-corrected chi connectivity index (χ3v) is 3.60. The highest BCUT2D eigenvalue weighted by Gasteiger charge is 2.44. The maximum atomic E-state index is 11.9. The van der Waals surface area contributed by atoms with Crippen LogP contribution in [-0.2, 0) is 15.1 Å². The molecule has 2 N–H and O–H groups in total. The number of rotatable bonds is 4. The van der Waals surface area contributed by atoms with E-state index in [-0.39, 0.29) is 11.8 Å². The van der Waals surface area contributed by atoms with Crippen LogP contribution in [0.15, 0.2) is 30.3 Å². The van der Waals surface area contributed by atoms with Crippen molar-refractivity contribution in [1.29, 1.82) is 0 Å². The molecule has 1 aromatic carbocycles.